The highest BCUT2D eigenvalue weighted by molar-refractivity contribution is 5.74. The molecular formula is C8H14N2O3. The van der Waals surface area contributed by atoms with Crippen molar-refractivity contribution in [3.8, 4) is 0 Å². The average Bonchev–Trinajstić information content (AvgIpc) is 2.04. The lowest BCUT2D eigenvalue weighted by Gasteiger charge is -2.33. The molecule has 1 heterocycles. The van der Waals surface area contributed by atoms with E-state index in [2.05, 4.69) is 12.1 Å². The van der Waals surface area contributed by atoms with Gasteiger partial charge in [0.05, 0.1) is 12.3 Å². The van der Waals surface area contributed by atoms with E-state index < -0.39 is 6.09 Å². The Morgan fingerprint density at radius 1 is 1.69 bits per heavy atom. The topological polar surface area (TPSA) is 73.1 Å². The van der Waals surface area contributed by atoms with Gasteiger partial charge in [0.25, 0.3) is 0 Å². The number of hydrogen-bond donors (Lipinski definition) is 2. The summed E-state index contributed by atoms with van der Waals surface area (Å²) in [4.78, 5) is 12.0. The summed E-state index contributed by atoms with van der Waals surface area (Å²) >= 11 is 0. The lowest BCUT2D eigenvalue weighted by atomic mass is 9.93. The Morgan fingerprint density at radius 3 is 2.92 bits per heavy atom. The number of likely N-dealkylation sites (tertiary alicyclic amines) is 1. The second-order valence-corrected chi connectivity index (χ2v) is 3.44. The SMILES string of the molecule is C[C@@H]1CCN(C(=O)O)[C@@H](C=NO)C1. The summed E-state index contributed by atoms with van der Waals surface area (Å²) in [6.45, 7) is 2.59. The summed E-state index contributed by atoms with van der Waals surface area (Å²) in [7, 11) is 0. The van der Waals surface area contributed by atoms with E-state index >= 15 is 0 Å². The van der Waals surface area contributed by atoms with E-state index in [0.717, 1.165) is 12.8 Å². The Hall–Kier alpha value is -1.26. The zero-order valence-electron chi connectivity index (χ0n) is 7.55. The largest absolute Gasteiger partial charge is 0.465 e. The highest BCUT2D eigenvalue weighted by Crippen LogP contribution is 2.21. The van der Waals surface area contributed by atoms with Crippen LogP contribution in [0.4, 0.5) is 4.79 Å². The maximum absolute atomic E-state index is 10.7. The van der Waals surface area contributed by atoms with Crippen molar-refractivity contribution in [1.29, 1.82) is 0 Å². The Kier molecular flexibility index (Phi) is 3.11. The lowest BCUT2D eigenvalue weighted by Crippen LogP contribution is -2.45. The van der Waals surface area contributed by atoms with E-state index in [9.17, 15) is 4.79 Å². The van der Waals surface area contributed by atoms with Crippen LogP contribution in [0.2, 0.25) is 0 Å². The van der Waals surface area contributed by atoms with E-state index in [-0.39, 0.29) is 6.04 Å². The van der Waals surface area contributed by atoms with Crippen molar-refractivity contribution in [2.24, 2.45) is 11.1 Å². The molecule has 0 saturated carbocycles. The van der Waals surface area contributed by atoms with Gasteiger partial charge >= 0.3 is 6.09 Å². The van der Waals surface area contributed by atoms with Gasteiger partial charge in [0, 0.05) is 6.54 Å². The van der Waals surface area contributed by atoms with E-state index in [1.54, 1.807) is 0 Å². The summed E-state index contributed by atoms with van der Waals surface area (Å²) in [5, 5.41) is 20.1. The summed E-state index contributed by atoms with van der Waals surface area (Å²) in [6, 6.07) is -0.272. The van der Waals surface area contributed by atoms with Crippen molar-refractivity contribution in [1.82, 2.24) is 4.90 Å². The number of hydrogen-bond acceptors (Lipinski definition) is 3. The third-order valence-electron chi connectivity index (χ3n) is 2.39. The van der Waals surface area contributed by atoms with Crippen molar-refractivity contribution in [2.75, 3.05) is 6.54 Å². The van der Waals surface area contributed by atoms with Crippen LogP contribution in [0.15, 0.2) is 5.16 Å². The number of rotatable bonds is 1. The van der Waals surface area contributed by atoms with Crippen LogP contribution in [0.25, 0.3) is 0 Å². The second-order valence-electron chi connectivity index (χ2n) is 3.44. The fourth-order valence-electron chi connectivity index (χ4n) is 1.64. The standard InChI is InChI=1S/C8H14N2O3/c1-6-2-3-10(8(11)12)7(4-6)5-9-13/h5-7,13H,2-4H2,1H3,(H,11,12)/t6-,7-/m1/s1. The van der Waals surface area contributed by atoms with Crippen LogP contribution in [-0.2, 0) is 0 Å². The van der Waals surface area contributed by atoms with Crippen molar-refractivity contribution in [3.63, 3.8) is 0 Å². The van der Waals surface area contributed by atoms with Crippen LogP contribution in [-0.4, -0.2) is 40.1 Å². The van der Waals surface area contributed by atoms with Gasteiger partial charge in [0.2, 0.25) is 0 Å². The molecule has 0 radical (unpaired) electrons. The molecule has 0 unspecified atom stereocenters. The van der Waals surface area contributed by atoms with E-state index in [1.807, 2.05) is 0 Å². The first-order valence-corrected chi connectivity index (χ1v) is 4.32. The fourth-order valence-corrected chi connectivity index (χ4v) is 1.64. The summed E-state index contributed by atoms with van der Waals surface area (Å²) in [5.41, 5.74) is 0. The van der Waals surface area contributed by atoms with Gasteiger partial charge in [-0.05, 0) is 18.8 Å². The zero-order chi connectivity index (χ0) is 9.84. The first-order valence-electron chi connectivity index (χ1n) is 4.32. The molecule has 13 heavy (non-hydrogen) atoms. The van der Waals surface area contributed by atoms with Crippen LogP contribution in [0.3, 0.4) is 0 Å². The van der Waals surface area contributed by atoms with Crippen molar-refractivity contribution in [3.05, 3.63) is 0 Å². The van der Waals surface area contributed by atoms with E-state index in [4.69, 9.17) is 10.3 Å². The molecule has 0 aromatic rings. The van der Waals surface area contributed by atoms with Crippen molar-refractivity contribution < 1.29 is 15.1 Å². The minimum atomic E-state index is -0.947. The summed E-state index contributed by atoms with van der Waals surface area (Å²) in [6.07, 6.45) is 1.94. The minimum Gasteiger partial charge on any atom is -0.465 e. The molecule has 0 aliphatic carbocycles. The number of amides is 1. The number of piperidine rings is 1. The highest BCUT2D eigenvalue weighted by Gasteiger charge is 2.28. The third kappa shape index (κ3) is 2.34. The number of carboxylic acid groups (broad SMARTS) is 1. The molecule has 2 N–H and O–H groups in total. The molecule has 1 aliphatic heterocycles. The van der Waals surface area contributed by atoms with Crippen LogP contribution in [0.1, 0.15) is 19.8 Å². The Morgan fingerprint density at radius 2 is 2.38 bits per heavy atom. The van der Waals surface area contributed by atoms with Gasteiger partial charge in [0.15, 0.2) is 0 Å². The number of oxime groups is 1. The lowest BCUT2D eigenvalue weighted by molar-refractivity contribution is 0.113. The predicted octanol–water partition coefficient (Wildman–Crippen LogP) is 1.22. The molecule has 5 nitrogen and oxygen atoms in total. The van der Waals surface area contributed by atoms with Gasteiger partial charge in [0.1, 0.15) is 0 Å². The first kappa shape index (κ1) is 9.83. The summed E-state index contributed by atoms with van der Waals surface area (Å²) in [5.74, 6) is 0.485. The Bertz CT molecular complexity index is 217. The minimum absolute atomic E-state index is 0.272. The van der Waals surface area contributed by atoms with Crippen LogP contribution in [0, 0.1) is 5.92 Å². The maximum atomic E-state index is 10.7. The molecule has 0 aromatic heterocycles. The smallest absolute Gasteiger partial charge is 0.407 e. The van der Waals surface area contributed by atoms with Gasteiger partial charge < -0.3 is 15.2 Å². The van der Waals surface area contributed by atoms with Crippen LogP contribution in [0.5, 0.6) is 0 Å². The molecule has 0 spiro atoms. The zero-order valence-corrected chi connectivity index (χ0v) is 7.55. The molecule has 74 valence electrons. The number of carbonyl (C=O) groups is 1. The molecular weight excluding hydrogens is 172 g/mol. The molecule has 1 rings (SSSR count). The van der Waals surface area contributed by atoms with Gasteiger partial charge in [-0.1, -0.05) is 12.1 Å². The fraction of sp³-hybridized carbons (Fsp3) is 0.750. The third-order valence-corrected chi connectivity index (χ3v) is 2.39. The van der Waals surface area contributed by atoms with Crippen molar-refractivity contribution in [2.45, 2.75) is 25.8 Å². The normalized spacial score (nSPS) is 29.5. The Labute approximate surface area is 76.6 Å². The highest BCUT2D eigenvalue weighted by atomic mass is 16.4. The van der Waals surface area contributed by atoms with Gasteiger partial charge in [-0.25, -0.2) is 4.79 Å². The van der Waals surface area contributed by atoms with Crippen LogP contribution < -0.4 is 0 Å². The molecule has 0 aromatic carbocycles. The molecule has 1 saturated heterocycles. The molecule has 5 heteroatoms. The number of nitrogens with zero attached hydrogens (tertiary/aromatic N) is 2. The van der Waals surface area contributed by atoms with Crippen LogP contribution >= 0.6 is 0 Å². The van der Waals surface area contributed by atoms with Gasteiger partial charge in [-0.15, -0.1) is 0 Å². The Balaban J connectivity index is 2.65. The molecule has 0 bridgehead atoms. The quantitative estimate of drug-likeness (QED) is 0.367. The van der Waals surface area contributed by atoms with E-state index in [0.29, 0.717) is 12.5 Å². The molecule has 1 amide bonds. The van der Waals surface area contributed by atoms with Gasteiger partial charge in [-0.2, -0.15) is 0 Å². The average molecular weight is 186 g/mol. The first-order chi connectivity index (χ1) is 6.15. The maximum Gasteiger partial charge on any atom is 0.407 e. The molecule has 1 aliphatic rings. The molecule has 2 atom stereocenters. The molecule has 1 fully saturated rings. The van der Waals surface area contributed by atoms with Crippen molar-refractivity contribution >= 4 is 12.3 Å². The summed E-state index contributed by atoms with van der Waals surface area (Å²) < 4.78 is 0. The predicted molar refractivity (Wildman–Crippen MR) is 47.2 cm³/mol. The van der Waals surface area contributed by atoms with Gasteiger partial charge in [-0.3, -0.25) is 0 Å². The second kappa shape index (κ2) is 4.11. The monoisotopic (exact) mass is 186 g/mol. The van der Waals surface area contributed by atoms with E-state index in [1.165, 1.54) is 11.1 Å².